The molecule has 1 unspecified atom stereocenters. The molecular formula is C20H28O3. The van der Waals surface area contributed by atoms with Crippen molar-refractivity contribution in [2.75, 3.05) is 0 Å². The lowest BCUT2D eigenvalue weighted by molar-refractivity contribution is -0.199. The number of ketones is 2. The lowest BCUT2D eigenvalue weighted by atomic mass is 9.41. The van der Waals surface area contributed by atoms with Crippen LogP contribution in [0.4, 0.5) is 0 Å². The van der Waals surface area contributed by atoms with Gasteiger partial charge in [-0.15, -0.1) is 0 Å². The zero-order valence-electron chi connectivity index (χ0n) is 14.5. The molecule has 4 aliphatic carbocycles. The molecule has 4 fully saturated rings. The number of allylic oxidation sites excluding steroid dienone is 1. The van der Waals surface area contributed by atoms with E-state index in [1.165, 1.54) is 0 Å². The van der Waals surface area contributed by atoms with Gasteiger partial charge in [-0.2, -0.15) is 0 Å². The Morgan fingerprint density at radius 3 is 2.61 bits per heavy atom. The third-order valence-electron chi connectivity index (χ3n) is 8.53. The number of hydrogen-bond acceptors (Lipinski definition) is 3. The second-order valence-corrected chi connectivity index (χ2v) is 8.93. The van der Waals surface area contributed by atoms with Gasteiger partial charge in [0.1, 0.15) is 5.78 Å². The third-order valence-corrected chi connectivity index (χ3v) is 8.53. The Kier molecular flexibility index (Phi) is 3.09. The molecule has 0 aromatic heterocycles. The summed E-state index contributed by atoms with van der Waals surface area (Å²) in [6.07, 6.45) is 3.47. The summed E-state index contributed by atoms with van der Waals surface area (Å²) in [4.78, 5) is 25.4. The Morgan fingerprint density at radius 1 is 1.22 bits per heavy atom. The minimum Gasteiger partial charge on any atom is -0.392 e. The summed E-state index contributed by atoms with van der Waals surface area (Å²) in [5.74, 6) is 1.30. The largest absolute Gasteiger partial charge is 0.392 e. The molecule has 3 nitrogen and oxygen atoms in total. The Morgan fingerprint density at radius 2 is 1.91 bits per heavy atom. The predicted octanol–water partition coefficient (Wildman–Crippen LogP) is 3.16. The smallest absolute Gasteiger partial charge is 0.167 e. The van der Waals surface area contributed by atoms with Crippen molar-refractivity contribution in [2.45, 2.75) is 59.0 Å². The van der Waals surface area contributed by atoms with Crippen LogP contribution in [0.15, 0.2) is 12.2 Å². The highest BCUT2D eigenvalue weighted by Gasteiger charge is 2.71. The normalized spacial score (nSPS) is 55.6. The lowest BCUT2D eigenvalue weighted by Gasteiger charge is -2.63. The SMILES string of the molecule is C=C1C(=O)[C@@]23[C@H](O)C[C@@H]4[C@@H](C)C(=O)CC[C@@]4(C)[C@@H]2CCC1[C@H]3C. The first kappa shape index (κ1) is 15.6. The van der Waals surface area contributed by atoms with Crippen LogP contribution in [0.1, 0.15) is 52.9 Å². The van der Waals surface area contributed by atoms with Crippen LogP contribution in [0.25, 0.3) is 0 Å². The van der Waals surface area contributed by atoms with Gasteiger partial charge in [0.05, 0.1) is 11.5 Å². The van der Waals surface area contributed by atoms with Crippen LogP contribution in [-0.2, 0) is 9.59 Å². The first-order chi connectivity index (χ1) is 10.8. The number of aliphatic hydroxyl groups is 1. The minimum absolute atomic E-state index is 0.00786. The van der Waals surface area contributed by atoms with E-state index in [0.717, 1.165) is 24.8 Å². The molecule has 1 spiro atoms. The van der Waals surface area contributed by atoms with Gasteiger partial charge in [0.25, 0.3) is 0 Å². The summed E-state index contributed by atoms with van der Waals surface area (Å²) in [6, 6.07) is 0. The van der Waals surface area contributed by atoms with Crippen molar-refractivity contribution in [1.29, 1.82) is 0 Å². The van der Waals surface area contributed by atoms with E-state index >= 15 is 0 Å². The average molecular weight is 316 g/mol. The van der Waals surface area contributed by atoms with Gasteiger partial charge in [-0.05, 0) is 60.3 Å². The molecule has 8 atom stereocenters. The van der Waals surface area contributed by atoms with Crippen molar-refractivity contribution >= 4 is 11.6 Å². The standard InChI is InChI=1S/C20H28O3/c1-10-13-5-6-16-19(4)8-7-15(21)11(2)14(19)9-17(22)20(16,12(13)3)18(10)23/h11-14,16-17,22H,1,5-9H2,2-4H3/t11-,12-,13?,14-,16+,17-,19-,20-/m1/s1. The Bertz CT molecular complexity index is 608. The van der Waals surface area contributed by atoms with Gasteiger partial charge < -0.3 is 5.11 Å². The van der Waals surface area contributed by atoms with Crippen molar-refractivity contribution in [3.8, 4) is 0 Å². The highest BCUT2D eigenvalue weighted by Crippen LogP contribution is 2.70. The molecule has 3 heteroatoms. The van der Waals surface area contributed by atoms with Crippen LogP contribution in [0.2, 0.25) is 0 Å². The zero-order valence-corrected chi connectivity index (χ0v) is 14.5. The maximum absolute atomic E-state index is 13.2. The fraction of sp³-hybridized carbons (Fsp3) is 0.800. The molecule has 2 bridgehead atoms. The molecular weight excluding hydrogens is 288 g/mol. The summed E-state index contributed by atoms with van der Waals surface area (Å²) >= 11 is 0. The van der Waals surface area contributed by atoms with Gasteiger partial charge in [0.2, 0.25) is 0 Å². The first-order valence-corrected chi connectivity index (χ1v) is 9.20. The molecule has 4 saturated carbocycles. The second kappa shape index (κ2) is 4.56. The molecule has 0 radical (unpaired) electrons. The minimum atomic E-state index is -0.634. The highest BCUT2D eigenvalue weighted by molar-refractivity contribution is 6.04. The summed E-state index contributed by atoms with van der Waals surface area (Å²) in [5.41, 5.74) is 0.110. The fourth-order valence-electron chi connectivity index (χ4n) is 7.28. The number of carbonyl (C=O) groups excluding carboxylic acids is 2. The summed E-state index contributed by atoms with van der Waals surface area (Å²) in [6.45, 7) is 10.6. The Hall–Kier alpha value is -0.960. The number of rotatable bonds is 0. The summed E-state index contributed by atoms with van der Waals surface area (Å²) in [7, 11) is 0. The predicted molar refractivity (Wildman–Crippen MR) is 87.6 cm³/mol. The monoisotopic (exact) mass is 316 g/mol. The van der Waals surface area contributed by atoms with Crippen molar-refractivity contribution in [1.82, 2.24) is 0 Å². The topological polar surface area (TPSA) is 54.4 Å². The van der Waals surface area contributed by atoms with Gasteiger partial charge in [-0.3, -0.25) is 9.59 Å². The number of Topliss-reactive ketones (excluding diaryl/α,β-unsaturated/α-hetero) is 2. The van der Waals surface area contributed by atoms with Crippen LogP contribution in [0.3, 0.4) is 0 Å². The Balaban J connectivity index is 1.86. The zero-order chi connectivity index (χ0) is 16.7. The molecule has 0 aromatic rings. The second-order valence-electron chi connectivity index (χ2n) is 8.93. The third kappa shape index (κ3) is 1.55. The van der Waals surface area contributed by atoms with Crippen LogP contribution in [0.5, 0.6) is 0 Å². The summed E-state index contributed by atoms with van der Waals surface area (Å²) < 4.78 is 0. The van der Waals surface area contributed by atoms with E-state index in [4.69, 9.17) is 0 Å². The van der Waals surface area contributed by atoms with Crippen molar-refractivity contribution in [3.63, 3.8) is 0 Å². The van der Waals surface area contributed by atoms with E-state index in [2.05, 4.69) is 20.4 Å². The molecule has 1 N–H and O–H groups in total. The molecule has 126 valence electrons. The van der Waals surface area contributed by atoms with E-state index in [9.17, 15) is 14.7 Å². The van der Waals surface area contributed by atoms with Crippen LogP contribution in [-0.4, -0.2) is 22.8 Å². The summed E-state index contributed by atoms with van der Waals surface area (Å²) in [5, 5.41) is 11.1. The van der Waals surface area contributed by atoms with E-state index in [1.807, 2.05) is 6.92 Å². The maximum atomic E-state index is 13.2. The molecule has 4 rings (SSSR count). The van der Waals surface area contributed by atoms with E-state index < -0.39 is 11.5 Å². The number of hydrogen-bond donors (Lipinski definition) is 1. The molecule has 0 aromatic carbocycles. The van der Waals surface area contributed by atoms with Gasteiger partial charge in [0, 0.05) is 12.3 Å². The van der Waals surface area contributed by atoms with Crippen molar-refractivity contribution in [2.24, 2.45) is 40.4 Å². The number of fused-ring (bicyclic) bond motifs is 3. The molecule has 0 heterocycles. The quantitative estimate of drug-likeness (QED) is 0.698. The van der Waals surface area contributed by atoms with Crippen molar-refractivity contribution < 1.29 is 14.7 Å². The average Bonchev–Trinajstić information content (AvgIpc) is 2.63. The molecule has 23 heavy (non-hydrogen) atoms. The molecule has 4 aliphatic rings. The molecule has 0 amide bonds. The van der Waals surface area contributed by atoms with E-state index in [1.54, 1.807) is 0 Å². The number of carbonyl (C=O) groups is 2. The fourth-order valence-corrected chi connectivity index (χ4v) is 7.28. The molecule has 0 saturated heterocycles. The molecule has 0 aliphatic heterocycles. The van der Waals surface area contributed by atoms with Crippen LogP contribution in [0, 0.1) is 40.4 Å². The van der Waals surface area contributed by atoms with E-state index in [-0.39, 0.29) is 40.8 Å². The Labute approximate surface area is 138 Å². The van der Waals surface area contributed by atoms with Gasteiger partial charge in [-0.25, -0.2) is 0 Å². The highest BCUT2D eigenvalue weighted by atomic mass is 16.3. The van der Waals surface area contributed by atoms with Gasteiger partial charge in [0.15, 0.2) is 5.78 Å². The van der Waals surface area contributed by atoms with Gasteiger partial charge >= 0.3 is 0 Å². The maximum Gasteiger partial charge on any atom is 0.167 e. The van der Waals surface area contributed by atoms with Crippen LogP contribution >= 0.6 is 0 Å². The van der Waals surface area contributed by atoms with E-state index in [0.29, 0.717) is 18.6 Å². The lowest BCUT2D eigenvalue weighted by Crippen LogP contribution is -2.64. The number of aliphatic hydroxyl groups excluding tert-OH is 1. The van der Waals surface area contributed by atoms with Crippen LogP contribution < -0.4 is 0 Å². The van der Waals surface area contributed by atoms with Crippen molar-refractivity contribution in [3.05, 3.63) is 12.2 Å². The first-order valence-electron chi connectivity index (χ1n) is 9.20. The van der Waals surface area contributed by atoms with Gasteiger partial charge in [-0.1, -0.05) is 27.4 Å².